The Kier molecular flexibility index (Phi) is 12.5. The van der Waals surface area contributed by atoms with Gasteiger partial charge in [-0.1, -0.05) is 54.6 Å². The highest BCUT2D eigenvalue weighted by Gasteiger charge is 2.17. The Morgan fingerprint density at radius 1 is 0.590 bits per heavy atom. The lowest BCUT2D eigenvalue weighted by molar-refractivity contribution is 0.281. The van der Waals surface area contributed by atoms with Gasteiger partial charge < -0.3 is 20.3 Å². The largest absolute Gasteiger partial charge is 0.505 e. The van der Waals surface area contributed by atoms with Gasteiger partial charge in [0.25, 0.3) is 20.2 Å². The highest BCUT2D eigenvalue weighted by atomic mass is 32.2. The third-order valence-corrected chi connectivity index (χ3v) is 11.0. The molecule has 0 radical (unpaired) electrons. The summed E-state index contributed by atoms with van der Waals surface area (Å²) in [7, 11) is -8.89. The first-order valence-electron chi connectivity index (χ1n) is 18.5. The van der Waals surface area contributed by atoms with Crippen molar-refractivity contribution < 1.29 is 40.9 Å². The fraction of sp³-hybridized carbons (Fsp3) is 0.116. The van der Waals surface area contributed by atoms with Gasteiger partial charge in [0.2, 0.25) is 0 Å². The molecule has 0 aliphatic heterocycles. The van der Waals surface area contributed by atoms with Crippen LogP contribution in [0, 0.1) is 6.92 Å². The van der Waals surface area contributed by atoms with E-state index in [0.717, 1.165) is 22.8 Å². The minimum atomic E-state index is -4.67. The average molecular weight is 860 g/mol. The third kappa shape index (κ3) is 10.4. The summed E-state index contributed by atoms with van der Waals surface area (Å²) in [5.41, 5.74) is 4.19. The fourth-order valence-electron chi connectivity index (χ4n) is 6.25. The van der Waals surface area contributed by atoms with Crippen LogP contribution in [-0.2, 0) is 26.8 Å². The summed E-state index contributed by atoms with van der Waals surface area (Å²) in [6, 6.07) is 36.3. The van der Waals surface area contributed by atoms with Gasteiger partial charge in [-0.3, -0.25) is 9.11 Å². The number of para-hydroxylation sites is 1. The molecular formula is C43H37N7O9S2. The molecule has 0 amide bonds. The molecule has 0 atom stereocenters. The van der Waals surface area contributed by atoms with Gasteiger partial charge in [-0.2, -0.15) is 21.9 Å². The number of aliphatic hydroxyl groups is 1. The van der Waals surface area contributed by atoms with Gasteiger partial charge in [0.15, 0.2) is 5.75 Å². The number of aliphatic hydroxyl groups excluding tert-OH is 1. The van der Waals surface area contributed by atoms with Gasteiger partial charge in [0, 0.05) is 33.6 Å². The quantitative estimate of drug-likeness (QED) is 0.0371. The molecule has 0 fully saturated rings. The molecule has 0 spiro atoms. The molecule has 7 rings (SSSR count). The standard InChI is InChI=1S/C43H37N7O9S2/c1-27-22-40(50-48-38-17-13-29-24-31(14-15-32(29)43(38)52)44-30-8-3-2-4-9-30)41(59-20-7-21-60(53,54)55)25-39(27)49-46-36-19-18-35(33-10-5-6-11-34(33)36)45-47-37-16-12-28(26-51)23-42(37)61(56,57)58/h2-6,8-19,22-25,44,51-52H,7,20-21,26H2,1H3,(H,53,54,55)(H,56,57,58). The van der Waals surface area contributed by atoms with E-state index in [-0.39, 0.29) is 47.2 Å². The summed E-state index contributed by atoms with van der Waals surface area (Å²) in [5, 5.41) is 52.6. The second-order valence-electron chi connectivity index (χ2n) is 13.6. The Labute approximate surface area is 350 Å². The predicted molar refractivity (Wildman–Crippen MR) is 232 cm³/mol. The SMILES string of the molecule is Cc1cc(N=Nc2ccc3cc(Nc4ccccc4)ccc3c2O)c(OCCCS(=O)(=O)O)cc1N=Nc1ccc(N=Nc2ccc(CO)cc2S(=O)(=O)O)c2ccccc12. The summed E-state index contributed by atoms with van der Waals surface area (Å²) in [6.45, 7) is 1.24. The fourth-order valence-corrected chi connectivity index (χ4v) is 7.40. The van der Waals surface area contributed by atoms with Gasteiger partial charge >= 0.3 is 0 Å². The van der Waals surface area contributed by atoms with Crippen LogP contribution in [0.15, 0.2) is 163 Å². The zero-order valence-corrected chi connectivity index (χ0v) is 33.9. The normalized spacial score (nSPS) is 12.3. The summed E-state index contributed by atoms with van der Waals surface area (Å²) in [4.78, 5) is -0.500. The van der Waals surface area contributed by atoms with Crippen LogP contribution in [0.5, 0.6) is 11.5 Å². The van der Waals surface area contributed by atoms with E-state index in [1.165, 1.54) is 12.1 Å². The van der Waals surface area contributed by atoms with Crippen LogP contribution in [0.2, 0.25) is 0 Å². The van der Waals surface area contributed by atoms with Crippen LogP contribution < -0.4 is 10.1 Å². The summed E-state index contributed by atoms with van der Waals surface area (Å²) in [5.74, 6) is -0.409. The number of nitrogens with one attached hydrogen (secondary N) is 1. The van der Waals surface area contributed by atoms with Gasteiger partial charge in [0.05, 0.1) is 36.0 Å². The van der Waals surface area contributed by atoms with Crippen LogP contribution in [-0.4, -0.2) is 48.5 Å². The van der Waals surface area contributed by atoms with E-state index in [1.807, 2.05) is 48.5 Å². The first-order chi connectivity index (χ1) is 29.3. The second-order valence-corrected chi connectivity index (χ2v) is 16.6. The van der Waals surface area contributed by atoms with E-state index in [1.54, 1.807) is 67.6 Å². The molecule has 0 saturated carbocycles. The number of anilines is 2. The molecule has 0 bridgehead atoms. The lowest BCUT2D eigenvalue weighted by Gasteiger charge is -2.11. The molecule has 310 valence electrons. The Bertz CT molecular complexity index is 3090. The number of nitrogens with zero attached hydrogens (tertiary/aromatic N) is 6. The van der Waals surface area contributed by atoms with Crippen LogP contribution in [0.1, 0.15) is 17.5 Å². The van der Waals surface area contributed by atoms with Gasteiger partial charge in [-0.15, -0.1) is 25.6 Å². The molecule has 18 heteroatoms. The lowest BCUT2D eigenvalue weighted by Crippen LogP contribution is -2.08. The molecule has 61 heavy (non-hydrogen) atoms. The first-order valence-corrected chi connectivity index (χ1v) is 21.6. The van der Waals surface area contributed by atoms with E-state index < -0.39 is 37.5 Å². The molecule has 0 aliphatic carbocycles. The number of ether oxygens (including phenoxy) is 1. The molecule has 0 unspecified atom stereocenters. The molecule has 7 aromatic rings. The lowest BCUT2D eigenvalue weighted by atomic mass is 10.1. The van der Waals surface area contributed by atoms with Crippen molar-refractivity contribution in [3.63, 3.8) is 0 Å². The predicted octanol–water partition coefficient (Wildman–Crippen LogP) is 11.4. The molecule has 0 aromatic heterocycles. The Morgan fingerprint density at radius 2 is 1.20 bits per heavy atom. The molecule has 7 aromatic carbocycles. The number of azo groups is 3. The van der Waals surface area contributed by atoms with Crippen LogP contribution in [0.3, 0.4) is 0 Å². The van der Waals surface area contributed by atoms with E-state index in [0.29, 0.717) is 38.8 Å². The van der Waals surface area contributed by atoms with Crippen molar-refractivity contribution in [2.45, 2.75) is 24.8 Å². The van der Waals surface area contributed by atoms with Crippen LogP contribution >= 0.6 is 0 Å². The number of aryl methyl sites for hydroxylation is 1. The summed E-state index contributed by atoms with van der Waals surface area (Å²) in [6.07, 6.45) is -0.0203. The number of phenols is 1. The number of rotatable bonds is 15. The molecule has 0 heterocycles. The first kappa shape index (κ1) is 42.2. The smallest absolute Gasteiger partial charge is 0.296 e. The van der Waals surface area contributed by atoms with E-state index in [9.17, 15) is 36.2 Å². The Balaban J connectivity index is 1.17. The molecular weight excluding hydrogens is 823 g/mol. The number of benzene rings is 7. The van der Waals surface area contributed by atoms with Crippen molar-refractivity contribution in [1.29, 1.82) is 0 Å². The van der Waals surface area contributed by atoms with Crippen LogP contribution in [0.25, 0.3) is 21.5 Å². The molecule has 16 nitrogen and oxygen atoms in total. The van der Waals surface area contributed by atoms with Crippen molar-refractivity contribution in [3.05, 3.63) is 139 Å². The average Bonchev–Trinajstić information content (AvgIpc) is 3.24. The second kappa shape index (κ2) is 18.1. The molecule has 0 saturated heterocycles. The van der Waals surface area contributed by atoms with E-state index >= 15 is 0 Å². The van der Waals surface area contributed by atoms with Gasteiger partial charge in [-0.25, -0.2) is 0 Å². The zero-order chi connectivity index (χ0) is 43.1. The summed E-state index contributed by atoms with van der Waals surface area (Å²) >= 11 is 0. The Morgan fingerprint density at radius 3 is 1.87 bits per heavy atom. The number of phenolic OH excluding ortho intramolecular Hbond substituents is 1. The number of hydrogen-bond donors (Lipinski definition) is 5. The van der Waals surface area contributed by atoms with Crippen molar-refractivity contribution in [2.24, 2.45) is 30.7 Å². The maximum atomic E-state index is 12.0. The maximum absolute atomic E-state index is 12.0. The van der Waals surface area contributed by atoms with Crippen molar-refractivity contribution in [3.8, 4) is 11.5 Å². The molecule has 5 N–H and O–H groups in total. The highest BCUT2D eigenvalue weighted by Crippen LogP contribution is 2.41. The van der Waals surface area contributed by atoms with E-state index in [2.05, 4.69) is 36.0 Å². The van der Waals surface area contributed by atoms with Crippen molar-refractivity contribution >= 4 is 87.3 Å². The topological polar surface area (TPSA) is 245 Å². The number of fused-ring (bicyclic) bond motifs is 2. The Hall–Kier alpha value is -6.96. The highest BCUT2D eigenvalue weighted by molar-refractivity contribution is 7.86. The minimum Gasteiger partial charge on any atom is -0.505 e. The van der Waals surface area contributed by atoms with Crippen LogP contribution in [0.4, 0.5) is 45.5 Å². The maximum Gasteiger partial charge on any atom is 0.296 e. The summed E-state index contributed by atoms with van der Waals surface area (Å²) < 4.78 is 71.7. The zero-order valence-electron chi connectivity index (χ0n) is 32.3. The monoisotopic (exact) mass is 859 g/mol. The molecule has 0 aliphatic rings. The van der Waals surface area contributed by atoms with E-state index in [4.69, 9.17) is 4.74 Å². The van der Waals surface area contributed by atoms with Crippen molar-refractivity contribution in [2.75, 3.05) is 17.7 Å². The minimum absolute atomic E-state index is 0.0203. The van der Waals surface area contributed by atoms with Crippen molar-refractivity contribution in [1.82, 2.24) is 0 Å². The van der Waals surface area contributed by atoms with Gasteiger partial charge in [-0.05, 0) is 96.6 Å². The third-order valence-electron chi connectivity index (χ3n) is 9.27. The van der Waals surface area contributed by atoms with Gasteiger partial charge in [0.1, 0.15) is 27.7 Å². The number of aromatic hydroxyl groups is 1. The number of hydrogen-bond acceptors (Lipinski definition) is 14.